The number of anilines is 1. The molecule has 2 N–H and O–H groups in total. The first-order chi connectivity index (χ1) is 13.5. The Kier molecular flexibility index (Phi) is 9.29. The Bertz CT molecular complexity index is 752. The predicted molar refractivity (Wildman–Crippen MR) is 115 cm³/mol. The maximum absolute atomic E-state index is 12.2. The van der Waals surface area contributed by atoms with Gasteiger partial charge in [-0.1, -0.05) is 82.0 Å². The van der Waals surface area contributed by atoms with Crippen LogP contribution < -0.4 is 5.32 Å². The summed E-state index contributed by atoms with van der Waals surface area (Å²) < 4.78 is 0. The predicted octanol–water partition coefficient (Wildman–Crippen LogP) is 6.52. The van der Waals surface area contributed by atoms with Crippen LogP contribution in [-0.2, 0) is 9.59 Å². The number of Topliss-reactive ketones (excluding diaryl/α,β-unsaturated/α-hetero) is 1. The van der Waals surface area contributed by atoms with Gasteiger partial charge in [0, 0.05) is 11.6 Å². The number of hydrogen-bond acceptors (Lipinski definition) is 4. The van der Waals surface area contributed by atoms with Gasteiger partial charge in [-0.2, -0.15) is 0 Å². The van der Waals surface area contributed by atoms with Crippen molar-refractivity contribution in [1.82, 2.24) is 0 Å². The molecule has 0 amide bonds. The van der Waals surface area contributed by atoms with E-state index in [4.69, 9.17) is 11.6 Å². The molecule has 0 aliphatic heterocycles. The van der Waals surface area contributed by atoms with Gasteiger partial charge in [0.1, 0.15) is 5.76 Å². The molecule has 0 spiro atoms. The van der Waals surface area contributed by atoms with E-state index in [1.807, 2.05) is 0 Å². The van der Waals surface area contributed by atoms with Gasteiger partial charge in [0.15, 0.2) is 0 Å². The first-order valence-electron chi connectivity index (χ1n) is 10.3. The van der Waals surface area contributed by atoms with Crippen LogP contribution in [0.3, 0.4) is 0 Å². The number of benzene rings is 1. The molecule has 0 atom stereocenters. The normalized spacial score (nSPS) is 14.4. The van der Waals surface area contributed by atoms with Crippen molar-refractivity contribution in [2.75, 3.05) is 5.32 Å². The zero-order valence-corrected chi connectivity index (χ0v) is 17.4. The largest absolute Gasteiger partial charge is 0.505 e. The zero-order valence-electron chi connectivity index (χ0n) is 16.6. The van der Waals surface area contributed by atoms with Crippen LogP contribution in [0.15, 0.2) is 47.4 Å². The molecule has 0 fully saturated rings. The lowest BCUT2D eigenvalue weighted by Gasteiger charge is -2.18. The number of halogens is 1. The fourth-order valence-corrected chi connectivity index (χ4v) is 3.51. The van der Waals surface area contributed by atoms with Gasteiger partial charge in [-0.05, 0) is 25.0 Å². The Morgan fingerprint density at radius 3 is 2.18 bits per heavy atom. The molecule has 4 nitrogen and oxygen atoms in total. The Balaban J connectivity index is 1.87. The smallest absolute Gasteiger partial charge is 0.232 e. The summed E-state index contributed by atoms with van der Waals surface area (Å²) in [4.78, 5) is 24.3. The standard InChI is InChI=1S/C23H30ClNO3/c1-2-3-4-5-6-7-8-9-10-13-17-22(27)20(16-21(26)23(17)28)25-19-15-12-11-14-18(19)24/h11-12,14-16,25,27H,2-10,13H2,1H3. The van der Waals surface area contributed by atoms with Crippen molar-refractivity contribution in [3.63, 3.8) is 0 Å². The lowest BCUT2D eigenvalue weighted by Crippen LogP contribution is -2.24. The van der Waals surface area contributed by atoms with E-state index in [0.29, 0.717) is 17.1 Å². The summed E-state index contributed by atoms with van der Waals surface area (Å²) in [6.07, 6.45) is 12.0. The van der Waals surface area contributed by atoms with Crippen molar-refractivity contribution in [3.8, 4) is 0 Å². The van der Waals surface area contributed by atoms with Crippen LogP contribution >= 0.6 is 11.6 Å². The van der Waals surface area contributed by atoms with Crippen LogP contribution in [-0.4, -0.2) is 16.7 Å². The van der Waals surface area contributed by atoms with Gasteiger partial charge in [0.2, 0.25) is 11.6 Å². The van der Waals surface area contributed by atoms with Crippen molar-refractivity contribution in [3.05, 3.63) is 52.4 Å². The maximum Gasteiger partial charge on any atom is 0.232 e. The molecule has 5 heteroatoms. The number of aliphatic hydroxyl groups is 1. The third-order valence-electron chi connectivity index (χ3n) is 4.99. The second kappa shape index (κ2) is 11.7. The van der Waals surface area contributed by atoms with Crippen molar-refractivity contribution < 1.29 is 14.7 Å². The maximum atomic E-state index is 12.2. The van der Waals surface area contributed by atoms with Crippen molar-refractivity contribution in [1.29, 1.82) is 0 Å². The van der Waals surface area contributed by atoms with Crippen LogP contribution in [0, 0.1) is 0 Å². The number of ketones is 2. The van der Waals surface area contributed by atoms with Gasteiger partial charge in [0.05, 0.1) is 16.4 Å². The van der Waals surface area contributed by atoms with E-state index in [9.17, 15) is 14.7 Å². The molecule has 1 aromatic carbocycles. The molecule has 152 valence electrons. The summed E-state index contributed by atoms with van der Waals surface area (Å²) >= 11 is 6.13. The van der Waals surface area contributed by atoms with E-state index in [1.165, 1.54) is 38.5 Å². The molecule has 1 aliphatic rings. The van der Waals surface area contributed by atoms with Crippen LogP contribution in [0.5, 0.6) is 0 Å². The topological polar surface area (TPSA) is 66.4 Å². The van der Waals surface area contributed by atoms with E-state index < -0.39 is 11.6 Å². The van der Waals surface area contributed by atoms with Crippen LogP contribution in [0.2, 0.25) is 5.02 Å². The summed E-state index contributed by atoms with van der Waals surface area (Å²) in [5.74, 6) is -1.37. The quantitative estimate of drug-likeness (QED) is 0.237. The molecule has 2 rings (SSSR count). The van der Waals surface area contributed by atoms with Gasteiger partial charge < -0.3 is 10.4 Å². The molecular formula is C23H30ClNO3. The molecule has 0 saturated heterocycles. The van der Waals surface area contributed by atoms with Gasteiger partial charge >= 0.3 is 0 Å². The second-order valence-corrected chi connectivity index (χ2v) is 7.67. The first-order valence-corrected chi connectivity index (χ1v) is 10.7. The highest BCUT2D eigenvalue weighted by Crippen LogP contribution is 2.28. The molecule has 28 heavy (non-hydrogen) atoms. The van der Waals surface area contributed by atoms with Gasteiger partial charge in [-0.25, -0.2) is 0 Å². The van der Waals surface area contributed by atoms with E-state index in [2.05, 4.69) is 12.2 Å². The molecule has 1 aromatic rings. The summed E-state index contributed by atoms with van der Waals surface area (Å²) in [7, 11) is 0. The number of hydrogen-bond donors (Lipinski definition) is 2. The lowest BCUT2D eigenvalue weighted by molar-refractivity contribution is -0.132. The van der Waals surface area contributed by atoms with Gasteiger partial charge in [-0.3, -0.25) is 9.59 Å². The second-order valence-electron chi connectivity index (χ2n) is 7.26. The zero-order chi connectivity index (χ0) is 20.4. The van der Waals surface area contributed by atoms with E-state index in [1.54, 1.807) is 24.3 Å². The minimum Gasteiger partial charge on any atom is -0.505 e. The number of carbonyl (C=O) groups is 2. The highest BCUT2D eigenvalue weighted by atomic mass is 35.5. The van der Waals surface area contributed by atoms with Crippen LogP contribution in [0.25, 0.3) is 0 Å². The monoisotopic (exact) mass is 403 g/mol. The molecule has 0 radical (unpaired) electrons. The fourth-order valence-electron chi connectivity index (χ4n) is 3.33. The van der Waals surface area contributed by atoms with Gasteiger partial charge in [-0.15, -0.1) is 0 Å². The molecule has 0 aromatic heterocycles. The number of allylic oxidation sites excluding steroid dienone is 2. The van der Waals surface area contributed by atoms with Crippen molar-refractivity contribution >= 4 is 28.9 Å². The molecule has 0 unspecified atom stereocenters. The van der Waals surface area contributed by atoms with Gasteiger partial charge in [0.25, 0.3) is 0 Å². The van der Waals surface area contributed by atoms with Crippen LogP contribution in [0.1, 0.15) is 71.1 Å². The molecule has 0 saturated carbocycles. The summed E-state index contributed by atoms with van der Waals surface area (Å²) in [5, 5.41) is 14.0. The number of unbranched alkanes of at least 4 members (excludes halogenated alkanes) is 8. The van der Waals surface area contributed by atoms with E-state index in [0.717, 1.165) is 25.3 Å². The third-order valence-corrected chi connectivity index (χ3v) is 5.32. The fraction of sp³-hybridized carbons (Fsp3) is 0.478. The van der Waals surface area contributed by atoms with Crippen molar-refractivity contribution in [2.24, 2.45) is 0 Å². The highest BCUT2D eigenvalue weighted by molar-refractivity contribution is 6.48. The van der Waals surface area contributed by atoms with Crippen LogP contribution in [0.4, 0.5) is 5.69 Å². The summed E-state index contributed by atoms with van der Waals surface area (Å²) in [6, 6.07) is 7.05. The summed E-state index contributed by atoms with van der Waals surface area (Å²) in [6.45, 7) is 2.21. The number of para-hydroxylation sites is 1. The molecule has 0 heterocycles. The minimum absolute atomic E-state index is 0.149. The lowest BCUT2D eigenvalue weighted by atomic mass is 9.93. The summed E-state index contributed by atoms with van der Waals surface area (Å²) in [5.41, 5.74) is 1.00. The van der Waals surface area contributed by atoms with E-state index in [-0.39, 0.29) is 17.0 Å². The Labute approximate surface area is 172 Å². The van der Waals surface area contributed by atoms with Crippen molar-refractivity contribution in [2.45, 2.75) is 71.1 Å². The Morgan fingerprint density at radius 1 is 0.929 bits per heavy atom. The molecule has 0 bridgehead atoms. The SMILES string of the molecule is CCCCCCCCCCCC1=C(O)C(Nc2ccccc2Cl)=CC(=O)C1=O. The number of aliphatic hydroxyl groups excluding tert-OH is 1. The average Bonchev–Trinajstić information content (AvgIpc) is 2.68. The Hall–Kier alpha value is -2.07. The Morgan fingerprint density at radius 2 is 1.54 bits per heavy atom. The van der Waals surface area contributed by atoms with E-state index >= 15 is 0 Å². The number of carbonyl (C=O) groups excluding carboxylic acids is 2. The highest BCUT2D eigenvalue weighted by Gasteiger charge is 2.28. The number of nitrogens with one attached hydrogen (secondary N) is 1. The average molecular weight is 404 g/mol. The third kappa shape index (κ3) is 6.52. The first kappa shape index (κ1) is 22.2. The number of rotatable bonds is 12. The molecule has 1 aliphatic carbocycles. The minimum atomic E-state index is -0.613. The molecular weight excluding hydrogens is 374 g/mol.